The van der Waals surface area contributed by atoms with Crippen LogP contribution < -0.4 is 11.1 Å². The molecule has 0 saturated heterocycles. The summed E-state index contributed by atoms with van der Waals surface area (Å²) in [4.78, 5) is 23.6. The topological polar surface area (TPSA) is 84.5 Å². The molecule has 0 spiro atoms. The van der Waals surface area contributed by atoms with Crippen LogP contribution in [0.25, 0.3) is 11.1 Å². The van der Waals surface area contributed by atoms with Crippen LogP contribution in [0.5, 0.6) is 0 Å². The van der Waals surface area contributed by atoms with Gasteiger partial charge in [0.05, 0.1) is 5.52 Å². The molecule has 2 rings (SSSR count). The predicted octanol–water partition coefficient (Wildman–Crippen LogP) is 1.26. The summed E-state index contributed by atoms with van der Waals surface area (Å²) in [5.41, 5.74) is 1.11. The summed E-state index contributed by atoms with van der Waals surface area (Å²) in [5, 5.41) is 11.4. The highest BCUT2D eigenvalue weighted by Crippen LogP contribution is 2.11. The number of oxazole rings is 1. The van der Waals surface area contributed by atoms with Gasteiger partial charge in [0.15, 0.2) is 5.58 Å². The molecule has 0 saturated carbocycles. The van der Waals surface area contributed by atoms with Crippen molar-refractivity contribution >= 4 is 17.0 Å². The lowest BCUT2D eigenvalue weighted by molar-refractivity contribution is -0.121. The van der Waals surface area contributed by atoms with E-state index in [-0.39, 0.29) is 19.1 Å². The van der Waals surface area contributed by atoms with Gasteiger partial charge in [0.1, 0.15) is 6.54 Å². The lowest BCUT2D eigenvalue weighted by atomic mass is 10.2. The van der Waals surface area contributed by atoms with Gasteiger partial charge >= 0.3 is 5.76 Å². The van der Waals surface area contributed by atoms with Crippen LogP contribution in [0.15, 0.2) is 33.5 Å². The summed E-state index contributed by atoms with van der Waals surface area (Å²) in [5.74, 6) is -0.722. The van der Waals surface area contributed by atoms with Crippen molar-refractivity contribution in [1.29, 1.82) is 0 Å². The molecule has 1 heterocycles. The summed E-state index contributed by atoms with van der Waals surface area (Å²) < 4.78 is 6.40. The molecule has 1 aromatic carbocycles. The van der Waals surface area contributed by atoms with Gasteiger partial charge in [-0.15, -0.1) is 0 Å². The summed E-state index contributed by atoms with van der Waals surface area (Å²) in [6.45, 7) is 0.754. The Kier molecular flexibility index (Phi) is 5.57. The fourth-order valence-corrected chi connectivity index (χ4v) is 2.18. The molecule has 0 bridgehead atoms. The number of hydrogen-bond donors (Lipinski definition) is 2. The Hall–Kier alpha value is -2.08. The maximum Gasteiger partial charge on any atom is 0.420 e. The van der Waals surface area contributed by atoms with Crippen molar-refractivity contribution in [3.63, 3.8) is 0 Å². The fraction of sp³-hybridized carbons (Fsp3) is 0.467. The van der Waals surface area contributed by atoms with E-state index in [1.807, 2.05) is 0 Å². The van der Waals surface area contributed by atoms with Gasteiger partial charge in [0, 0.05) is 13.2 Å². The number of nitrogens with one attached hydrogen (secondary N) is 1. The molecule has 2 N–H and O–H groups in total. The van der Waals surface area contributed by atoms with Crippen molar-refractivity contribution in [2.24, 2.45) is 0 Å². The van der Waals surface area contributed by atoms with E-state index in [4.69, 9.17) is 9.52 Å². The molecule has 0 fully saturated rings. The van der Waals surface area contributed by atoms with E-state index in [0.29, 0.717) is 17.6 Å². The fourth-order valence-electron chi connectivity index (χ4n) is 2.18. The van der Waals surface area contributed by atoms with Crippen molar-refractivity contribution in [2.45, 2.75) is 32.2 Å². The maximum atomic E-state index is 11.8. The first-order valence-electron chi connectivity index (χ1n) is 7.18. The minimum Gasteiger partial charge on any atom is -0.408 e. The van der Waals surface area contributed by atoms with Crippen molar-refractivity contribution in [1.82, 2.24) is 9.88 Å². The monoisotopic (exact) mass is 292 g/mol. The third-order valence-electron chi connectivity index (χ3n) is 3.28. The van der Waals surface area contributed by atoms with Gasteiger partial charge in [-0.3, -0.25) is 9.36 Å². The molecular weight excluding hydrogens is 272 g/mol. The second-order valence-corrected chi connectivity index (χ2v) is 4.91. The van der Waals surface area contributed by atoms with Crippen LogP contribution in [0.4, 0.5) is 0 Å². The number of para-hydroxylation sites is 2. The molecule has 0 aliphatic carbocycles. The van der Waals surface area contributed by atoms with E-state index >= 15 is 0 Å². The average molecular weight is 292 g/mol. The highest BCUT2D eigenvalue weighted by molar-refractivity contribution is 5.79. The van der Waals surface area contributed by atoms with Gasteiger partial charge < -0.3 is 14.8 Å². The Bertz CT molecular complexity index is 644. The van der Waals surface area contributed by atoms with Gasteiger partial charge in [0.25, 0.3) is 0 Å². The Labute approximate surface area is 122 Å². The molecule has 1 aromatic heterocycles. The first kappa shape index (κ1) is 15.3. The lowest BCUT2D eigenvalue weighted by Gasteiger charge is -2.05. The smallest absolute Gasteiger partial charge is 0.408 e. The number of unbranched alkanes of at least 4 members (excludes halogenated alkanes) is 3. The zero-order valence-electron chi connectivity index (χ0n) is 11.9. The summed E-state index contributed by atoms with van der Waals surface area (Å²) in [7, 11) is 0. The van der Waals surface area contributed by atoms with Crippen LogP contribution in [0.1, 0.15) is 25.7 Å². The normalized spacial score (nSPS) is 10.9. The molecule has 0 unspecified atom stereocenters. The van der Waals surface area contributed by atoms with Crippen LogP contribution in [0.2, 0.25) is 0 Å². The quantitative estimate of drug-likeness (QED) is 0.717. The third-order valence-corrected chi connectivity index (χ3v) is 3.28. The Morgan fingerprint density at radius 1 is 1.19 bits per heavy atom. The molecule has 1 amide bonds. The number of carbonyl (C=O) groups is 1. The first-order chi connectivity index (χ1) is 10.2. The van der Waals surface area contributed by atoms with E-state index in [1.165, 1.54) is 4.57 Å². The Morgan fingerprint density at radius 2 is 1.95 bits per heavy atom. The summed E-state index contributed by atoms with van der Waals surface area (Å²) in [6.07, 6.45) is 3.59. The van der Waals surface area contributed by atoms with Crippen LogP contribution >= 0.6 is 0 Å². The molecule has 114 valence electrons. The number of nitrogens with zero attached hydrogens (tertiary/aromatic N) is 1. The minimum atomic E-state index is -0.519. The summed E-state index contributed by atoms with van der Waals surface area (Å²) in [6, 6.07) is 7.03. The number of aliphatic hydroxyl groups excluding tert-OH is 1. The summed E-state index contributed by atoms with van der Waals surface area (Å²) >= 11 is 0. The number of carbonyl (C=O) groups excluding carboxylic acids is 1. The molecular formula is C15H20N2O4. The molecule has 0 aliphatic rings. The highest BCUT2D eigenvalue weighted by atomic mass is 16.4. The molecule has 21 heavy (non-hydrogen) atoms. The van der Waals surface area contributed by atoms with E-state index in [2.05, 4.69) is 5.32 Å². The van der Waals surface area contributed by atoms with E-state index in [1.54, 1.807) is 24.3 Å². The van der Waals surface area contributed by atoms with Crippen LogP contribution in [0.3, 0.4) is 0 Å². The Balaban J connectivity index is 1.84. The number of rotatable bonds is 8. The van der Waals surface area contributed by atoms with Gasteiger partial charge in [0.2, 0.25) is 5.91 Å². The number of amides is 1. The van der Waals surface area contributed by atoms with E-state index in [9.17, 15) is 9.59 Å². The molecule has 6 nitrogen and oxygen atoms in total. The average Bonchev–Trinajstić information content (AvgIpc) is 2.79. The van der Waals surface area contributed by atoms with Crippen LogP contribution in [-0.4, -0.2) is 28.7 Å². The predicted molar refractivity (Wildman–Crippen MR) is 79.0 cm³/mol. The van der Waals surface area contributed by atoms with Crippen molar-refractivity contribution < 1.29 is 14.3 Å². The third kappa shape index (κ3) is 4.19. The maximum absolute atomic E-state index is 11.8. The number of aliphatic hydroxyl groups is 1. The molecule has 0 radical (unpaired) electrons. The lowest BCUT2D eigenvalue weighted by Crippen LogP contribution is -2.31. The van der Waals surface area contributed by atoms with Crippen molar-refractivity contribution in [3.8, 4) is 0 Å². The zero-order valence-corrected chi connectivity index (χ0v) is 11.9. The van der Waals surface area contributed by atoms with Crippen LogP contribution in [0, 0.1) is 0 Å². The van der Waals surface area contributed by atoms with Crippen molar-refractivity contribution in [2.75, 3.05) is 13.2 Å². The molecule has 0 aliphatic heterocycles. The van der Waals surface area contributed by atoms with Crippen LogP contribution in [-0.2, 0) is 11.3 Å². The number of fused-ring (bicyclic) bond motifs is 1. The second-order valence-electron chi connectivity index (χ2n) is 4.91. The number of benzene rings is 1. The SMILES string of the molecule is O=C(Cn1c(=O)oc2ccccc21)NCCCCCCO. The van der Waals surface area contributed by atoms with Gasteiger partial charge in [-0.05, 0) is 25.0 Å². The molecule has 2 aromatic rings. The van der Waals surface area contributed by atoms with Gasteiger partial charge in [-0.1, -0.05) is 25.0 Å². The zero-order chi connectivity index (χ0) is 15.1. The van der Waals surface area contributed by atoms with E-state index < -0.39 is 5.76 Å². The number of aromatic nitrogens is 1. The highest BCUT2D eigenvalue weighted by Gasteiger charge is 2.11. The molecule has 6 heteroatoms. The largest absolute Gasteiger partial charge is 0.420 e. The van der Waals surface area contributed by atoms with Gasteiger partial charge in [-0.2, -0.15) is 0 Å². The Morgan fingerprint density at radius 3 is 2.76 bits per heavy atom. The standard InChI is InChI=1S/C15H20N2O4/c18-10-6-2-1-5-9-16-14(19)11-17-12-7-3-4-8-13(12)21-15(17)20/h3-4,7-8,18H,1-2,5-6,9-11H2,(H,16,19). The second kappa shape index (κ2) is 7.64. The molecule has 0 atom stereocenters. The first-order valence-corrected chi connectivity index (χ1v) is 7.18. The minimum absolute atomic E-state index is 0.0352. The number of hydrogen-bond acceptors (Lipinski definition) is 4. The van der Waals surface area contributed by atoms with E-state index in [0.717, 1.165) is 25.7 Å². The van der Waals surface area contributed by atoms with Gasteiger partial charge in [-0.25, -0.2) is 4.79 Å². The van der Waals surface area contributed by atoms with Crippen molar-refractivity contribution in [3.05, 3.63) is 34.8 Å².